The molecular formula is C31H29F8NO5S. The number of alkyl halides is 7. The van der Waals surface area contributed by atoms with Crippen LogP contribution in [0.25, 0.3) is 0 Å². The Bertz CT molecular complexity index is 1710. The first kappa shape index (κ1) is 32.7. The van der Waals surface area contributed by atoms with Crippen molar-refractivity contribution in [1.82, 2.24) is 4.90 Å². The van der Waals surface area contributed by atoms with Crippen molar-refractivity contribution in [2.75, 3.05) is 13.1 Å². The maximum atomic E-state index is 14.8. The Kier molecular flexibility index (Phi) is 7.03. The predicted molar refractivity (Wildman–Crippen MR) is 145 cm³/mol. The van der Waals surface area contributed by atoms with E-state index in [1.54, 1.807) is 0 Å². The Morgan fingerprint density at radius 3 is 2.07 bits per heavy atom. The van der Waals surface area contributed by atoms with Crippen LogP contribution in [0.4, 0.5) is 35.1 Å². The molecule has 4 fully saturated rings. The van der Waals surface area contributed by atoms with Crippen LogP contribution in [0.3, 0.4) is 0 Å². The minimum atomic E-state index is -6.38. The smallest absolute Gasteiger partial charge is 0.435 e. The number of carboxylic acid groups (broad SMARTS) is 1. The lowest BCUT2D eigenvalue weighted by Crippen LogP contribution is -2.55. The summed E-state index contributed by atoms with van der Waals surface area (Å²) in [6.45, 7) is 0.582. The molecule has 1 amide bonds. The van der Waals surface area contributed by atoms with Gasteiger partial charge >= 0.3 is 24.0 Å². The molecule has 15 heteroatoms. The number of aryl methyl sites for hydroxylation is 1. The summed E-state index contributed by atoms with van der Waals surface area (Å²) < 4.78 is 136. The molecule has 4 aliphatic rings. The Morgan fingerprint density at radius 2 is 1.50 bits per heavy atom. The molecule has 2 aromatic rings. The molecule has 0 radical (unpaired) electrons. The second kappa shape index (κ2) is 9.89. The van der Waals surface area contributed by atoms with Crippen molar-refractivity contribution in [1.29, 1.82) is 0 Å². The molecule has 0 bridgehead atoms. The van der Waals surface area contributed by atoms with Crippen molar-refractivity contribution in [3.8, 4) is 0 Å². The fraction of sp³-hybridized carbons (Fsp3) is 0.548. The molecule has 250 valence electrons. The van der Waals surface area contributed by atoms with E-state index >= 15 is 0 Å². The zero-order chi connectivity index (χ0) is 33.9. The molecule has 1 aliphatic heterocycles. The van der Waals surface area contributed by atoms with Crippen LogP contribution in [0, 0.1) is 35.4 Å². The van der Waals surface area contributed by atoms with Gasteiger partial charge in [0.25, 0.3) is 0 Å². The summed E-state index contributed by atoms with van der Waals surface area (Å²) in [5.74, 6) is -2.56. The van der Waals surface area contributed by atoms with Gasteiger partial charge in [0, 0.05) is 18.7 Å². The highest BCUT2D eigenvalue weighted by atomic mass is 32.2. The number of rotatable bonds is 6. The van der Waals surface area contributed by atoms with Gasteiger partial charge in [0.2, 0.25) is 5.91 Å². The number of likely N-dealkylation sites (tertiary alicyclic amines) is 1. The van der Waals surface area contributed by atoms with Crippen molar-refractivity contribution in [3.63, 3.8) is 0 Å². The number of sulfone groups is 1. The van der Waals surface area contributed by atoms with Crippen LogP contribution >= 0.6 is 0 Å². The fourth-order valence-electron chi connectivity index (χ4n) is 8.89. The van der Waals surface area contributed by atoms with Crippen LogP contribution in [0.15, 0.2) is 47.4 Å². The monoisotopic (exact) mass is 679 g/mol. The molecule has 6 nitrogen and oxygen atoms in total. The first-order valence-electron chi connectivity index (χ1n) is 14.6. The van der Waals surface area contributed by atoms with Crippen molar-refractivity contribution in [2.24, 2.45) is 22.7 Å². The number of amides is 1. The van der Waals surface area contributed by atoms with E-state index in [1.165, 1.54) is 11.8 Å². The first-order valence-corrected chi connectivity index (χ1v) is 16.1. The molecular weight excluding hydrogens is 650 g/mol. The van der Waals surface area contributed by atoms with Gasteiger partial charge in [-0.1, -0.05) is 24.3 Å². The number of carboxylic acids is 1. The average Bonchev–Trinajstić information content (AvgIpc) is 3.60. The van der Waals surface area contributed by atoms with E-state index in [1.807, 2.05) is 0 Å². The second-order valence-electron chi connectivity index (χ2n) is 13.2. The lowest BCUT2D eigenvalue weighted by molar-refractivity contribution is -0.348. The molecule has 5 atom stereocenters. The van der Waals surface area contributed by atoms with Gasteiger partial charge in [-0.3, -0.25) is 9.59 Å². The normalized spacial score (nSPS) is 31.1. The Morgan fingerprint density at radius 1 is 0.891 bits per heavy atom. The van der Waals surface area contributed by atoms with Gasteiger partial charge in [-0.05, 0) is 86.6 Å². The molecule has 3 aliphatic carbocycles. The zero-order valence-corrected chi connectivity index (χ0v) is 25.1. The van der Waals surface area contributed by atoms with E-state index in [2.05, 4.69) is 0 Å². The minimum absolute atomic E-state index is 0.0246. The van der Waals surface area contributed by atoms with Crippen LogP contribution in [-0.4, -0.2) is 55.7 Å². The lowest BCUT2D eigenvalue weighted by atomic mass is 9.53. The van der Waals surface area contributed by atoms with Gasteiger partial charge in [0.15, 0.2) is 9.84 Å². The third-order valence-electron chi connectivity index (χ3n) is 11.2. The van der Waals surface area contributed by atoms with Gasteiger partial charge in [-0.25, -0.2) is 17.2 Å². The number of benzene rings is 2. The maximum absolute atomic E-state index is 14.8. The van der Waals surface area contributed by atoms with Crippen LogP contribution in [0.1, 0.15) is 55.2 Å². The van der Waals surface area contributed by atoms with Gasteiger partial charge in [-0.15, -0.1) is 0 Å². The summed E-state index contributed by atoms with van der Waals surface area (Å²) in [6, 6.07) is 4.76. The highest BCUT2D eigenvalue weighted by Gasteiger charge is 2.76. The van der Waals surface area contributed by atoms with Crippen LogP contribution in [0.2, 0.25) is 0 Å². The van der Waals surface area contributed by atoms with Crippen LogP contribution in [-0.2, 0) is 29.8 Å². The quantitative estimate of drug-likeness (QED) is 0.274. The van der Waals surface area contributed by atoms with E-state index in [9.17, 15) is 58.2 Å². The summed E-state index contributed by atoms with van der Waals surface area (Å²) in [5, 5.41) is 10.0. The third kappa shape index (κ3) is 4.08. The Hall–Kier alpha value is -3.23. The second-order valence-corrected chi connectivity index (χ2v) is 15.5. The Balaban J connectivity index is 1.43. The summed E-state index contributed by atoms with van der Waals surface area (Å²) in [7, 11) is -4.63. The number of nitrogens with zero attached hydrogens (tertiary/aromatic N) is 1. The van der Waals surface area contributed by atoms with E-state index in [0.717, 1.165) is 18.2 Å². The average molecular weight is 680 g/mol. The number of carbonyl (C=O) groups is 2. The van der Waals surface area contributed by atoms with Gasteiger partial charge in [0.1, 0.15) is 10.6 Å². The zero-order valence-electron chi connectivity index (χ0n) is 24.3. The van der Waals surface area contributed by atoms with E-state index < -0.39 is 79.2 Å². The number of aliphatic carboxylic acids is 1. The van der Waals surface area contributed by atoms with Gasteiger partial charge < -0.3 is 10.0 Å². The highest BCUT2D eigenvalue weighted by Crippen LogP contribution is 2.75. The first-order chi connectivity index (χ1) is 21.2. The summed E-state index contributed by atoms with van der Waals surface area (Å²) in [5.41, 5.74) is -9.95. The number of hydrogen-bond acceptors (Lipinski definition) is 4. The van der Waals surface area contributed by atoms with Crippen LogP contribution < -0.4 is 0 Å². The van der Waals surface area contributed by atoms with Gasteiger partial charge in [-0.2, -0.15) is 26.3 Å². The summed E-state index contributed by atoms with van der Waals surface area (Å²) in [4.78, 5) is 27.4. The molecule has 3 saturated carbocycles. The molecule has 1 saturated heterocycles. The minimum Gasteiger partial charge on any atom is -0.481 e. The molecule has 6 rings (SSSR count). The van der Waals surface area contributed by atoms with Crippen LogP contribution in [0.5, 0.6) is 0 Å². The van der Waals surface area contributed by atoms with Crippen molar-refractivity contribution in [2.45, 2.75) is 73.1 Å². The highest BCUT2D eigenvalue weighted by molar-refractivity contribution is 7.92. The maximum Gasteiger partial charge on any atom is 0.435 e. The molecule has 2 aromatic carbocycles. The molecule has 46 heavy (non-hydrogen) atoms. The van der Waals surface area contributed by atoms with Gasteiger partial charge in [0.05, 0.1) is 15.7 Å². The van der Waals surface area contributed by atoms with E-state index in [4.69, 9.17) is 0 Å². The van der Waals surface area contributed by atoms with Crippen molar-refractivity contribution < 1.29 is 58.2 Å². The van der Waals surface area contributed by atoms with E-state index in [-0.39, 0.29) is 59.9 Å². The van der Waals surface area contributed by atoms with Crippen molar-refractivity contribution >= 4 is 21.7 Å². The standard InChI is InChI=1S/C31H29F8NO5S/c1-17-14-21(6-7-22(17)32)46(44,45)28(19-2-4-20(5-3-19)29(33,30(34,35)36)31(37,38)39)12-13-40(16-28)24(41)26-9-8-18-15-27(11-10-26,23(18)26)25(42)43/h2-7,14,18,23H,8-13,15-16H2,1H3,(H,42,43)/t18?,23?,26?,27?,28-/m0/s1. The van der Waals surface area contributed by atoms with E-state index in [0.29, 0.717) is 31.4 Å². The number of halogens is 8. The molecule has 4 unspecified atom stereocenters. The SMILES string of the molecule is Cc1cc(S(=O)(=O)[C@@]2(c3ccc(C(F)(C(F)(F)F)C(F)(F)F)cc3)CCN(C(=O)C34CCC5CC(C(=O)O)(CC3)C54)C2)ccc1F. The third-order valence-corrected chi connectivity index (χ3v) is 13.7. The largest absolute Gasteiger partial charge is 0.481 e. The molecule has 1 N–H and O–H groups in total. The van der Waals surface area contributed by atoms with Crippen molar-refractivity contribution in [3.05, 3.63) is 65.0 Å². The predicted octanol–water partition coefficient (Wildman–Crippen LogP) is 6.61. The summed E-state index contributed by atoms with van der Waals surface area (Å²) in [6.07, 6.45) is -11.0. The number of hydrogen-bond donors (Lipinski definition) is 1. The summed E-state index contributed by atoms with van der Waals surface area (Å²) >= 11 is 0. The molecule has 1 heterocycles. The molecule has 0 spiro atoms. The lowest BCUT2D eigenvalue weighted by Gasteiger charge is -2.49. The molecule has 0 aromatic heterocycles. The fourth-order valence-corrected chi connectivity index (χ4v) is 11.1. The topological polar surface area (TPSA) is 91.8 Å². The number of carbonyl (C=O) groups excluding carboxylic acids is 1. The Labute approximate surface area is 258 Å².